The van der Waals surface area contributed by atoms with Gasteiger partial charge >= 0.3 is 0 Å². The Morgan fingerprint density at radius 1 is 1.43 bits per heavy atom. The molecule has 2 rings (SSSR count). The fourth-order valence-electron chi connectivity index (χ4n) is 2.95. The molecule has 0 spiro atoms. The van der Waals surface area contributed by atoms with E-state index in [1.54, 1.807) is 11.8 Å². The largest absolute Gasteiger partial charge is 0.409 e. The fraction of sp³-hybridized carbons (Fsp3) is 0.562. The zero-order valence-electron chi connectivity index (χ0n) is 13.3. The normalized spacial score (nSPS) is 20.1. The van der Waals surface area contributed by atoms with Gasteiger partial charge in [0.05, 0.1) is 5.56 Å². The average Bonchev–Trinajstić information content (AvgIpc) is 2.95. The number of oxime groups is 1. The Kier molecular flexibility index (Phi) is 4.71. The summed E-state index contributed by atoms with van der Waals surface area (Å²) < 4.78 is 0. The molecule has 116 valence electrons. The molecule has 1 fully saturated rings. The Morgan fingerprint density at radius 3 is 2.67 bits per heavy atom. The van der Waals surface area contributed by atoms with E-state index < -0.39 is 0 Å². The SMILES string of the molecule is CSc1cccc(N2CCC(C(C)(C)C)C2)c1/C(N)=N/O. The topological polar surface area (TPSA) is 61.8 Å². The molecule has 1 heterocycles. The van der Waals surface area contributed by atoms with Crippen LogP contribution >= 0.6 is 11.8 Å². The van der Waals surface area contributed by atoms with Gasteiger partial charge in [0.25, 0.3) is 0 Å². The van der Waals surface area contributed by atoms with Gasteiger partial charge in [-0.3, -0.25) is 0 Å². The second-order valence-corrected chi connectivity index (χ2v) is 7.49. The average molecular weight is 307 g/mol. The van der Waals surface area contributed by atoms with E-state index in [1.165, 1.54) is 6.42 Å². The summed E-state index contributed by atoms with van der Waals surface area (Å²) >= 11 is 1.62. The highest BCUT2D eigenvalue weighted by atomic mass is 32.2. The molecule has 4 nitrogen and oxygen atoms in total. The van der Waals surface area contributed by atoms with Crippen molar-refractivity contribution in [2.24, 2.45) is 22.2 Å². The number of rotatable bonds is 3. The molecule has 1 aromatic rings. The summed E-state index contributed by atoms with van der Waals surface area (Å²) in [4.78, 5) is 3.41. The van der Waals surface area contributed by atoms with Gasteiger partial charge in [0.1, 0.15) is 0 Å². The van der Waals surface area contributed by atoms with Crippen molar-refractivity contribution in [3.63, 3.8) is 0 Å². The van der Waals surface area contributed by atoms with Crippen LogP contribution in [0, 0.1) is 11.3 Å². The lowest BCUT2D eigenvalue weighted by Crippen LogP contribution is -2.28. The monoisotopic (exact) mass is 307 g/mol. The maximum absolute atomic E-state index is 9.09. The Morgan fingerprint density at radius 2 is 2.14 bits per heavy atom. The number of anilines is 1. The lowest BCUT2D eigenvalue weighted by Gasteiger charge is -2.28. The van der Waals surface area contributed by atoms with Crippen molar-refractivity contribution in [2.75, 3.05) is 24.2 Å². The van der Waals surface area contributed by atoms with Crippen molar-refractivity contribution in [1.29, 1.82) is 0 Å². The summed E-state index contributed by atoms with van der Waals surface area (Å²) in [6.07, 6.45) is 3.19. The number of thioether (sulfide) groups is 1. The van der Waals surface area contributed by atoms with Crippen molar-refractivity contribution >= 4 is 23.3 Å². The third kappa shape index (κ3) is 3.28. The molecule has 3 N–H and O–H groups in total. The molecular weight excluding hydrogens is 282 g/mol. The molecular formula is C16H25N3OS. The van der Waals surface area contributed by atoms with Crippen molar-refractivity contribution in [3.8, 4) is 0 Å². The maximum Gasteiger partial charge on any atom is 0.173 e. The lowest BCUT2D eigenvalue weighted by atomic mass is 9.80. The highest BCUT2D eigenvalue weighted by molar-refractivity contribution is 7.98. The first kappa shape index (κ1) is 16.0. The van der Waals surface area contributed by atoms with E-state index >= 15 is 0 Å². The molecule has 1 aliphatic rings. The smallest absolute Gasteiger partial charge is 0.173 e. The van der Waals surface area contributed by atoms with Crippen LogP contribution in [0.3, 0.4) is 0 Å². The van der Waals surface area contributed by atoms with Crippen LogP contribution in [0.15, 0.2) is 28.3 Å². The molecule has 0 bridgehead atoms. The molecule has 5 heteroatoms. The van der Waals surface area contributed by atoms with Gasteiger partial charge in [0, 0.05) is 23.7 Å². The lowest BCUT2D eigenvalue weighted by molar-refractivity contribution is 0.263. The molecule has 0 aromatic heterocycles. The molecule has 21 heavy (non-hydrogen) atoms. The first-order valence-electron chi connectivity index (χ1n) is 7.28. The van der Waals surface area contributed by atoms with Crippen molar-refractivity contribution in [2.45, 2.75) is 32.1 Å². The molecule has 1 unspecified atom stereocenters. The van der Waals surface area contributed by atoms with Crippen LogP contribution in [-0.2, 0) is 0 Å². The summed E-state index contributed by atoms with van der Waals surface area (Å²) in [7, 11) is 0. The first-order valence-corrected chi connectivity index (χ1v) is 8.50. The molecule has 0 radical (unpaired) electrons. The minimum absolute atomic E-state index is 0.189. The molecule has 1 atom stereocenters. The Balaban J connectivity index is 2.37. The van der Waals surface area contributed by atoms with Crippen LogP contribution in [0.2, 0.25) is 0 Å². The van der Waals surface area contributed by atoms with E-state index in [0.717, 1.165) is 29.2 Å². The van der Waals surface area contributed by atoms with Crippen LogP contribution in [0.1, 0.15) is 32.8 Å². The Bertz CT molecular complexity index is 537. The molecule has 0 aliphatic carbocycles. The van der Waals surface area contributed by atoms with Crippen LogP contribution in [0.4, 0.5) is 5.69 Å². The van der Waals surface area contributed by atoms with Crippen LogP contribution in [0.5, 0.6) is 0 Å². The highest BCUT2D eigenvalue weighted by Crippen LogP contribution is 2.38. The van der Waals surface area contributed by atoms with Gasteiger partial charge in [-0.1, -0.05) is 32.0 Å². The van der Waals surface area contributed by atoms with Gasteiger partial charge in [0.2, 0.25) is 0 Å². The maximum atomic E-state index is 9.09. The third-order valence-corrected chi connectivity index (χ3v) is 5.12. The summed E-state index contributed by atoms with van der Waals surface area (Å²) in [5.74, 6) is 0.852. The van der Waals surface area contributed by atoms with Gasteiger partial charge in [-0.25, -0.2) is 0 Å². The minimum Gasteiger partial charge on any atom is -0.409 e. The number of nitrogens with two attached hydrogens (primary N) is 1. The van der Waals surface area contributed by atoms with Gasteiger partial charge in [0.15, 0.2) is 5.84 Å². The van der Waals surface area contributed by atoms with E-state index in [-0.39, 0.29) is 5.84 Å². The highest BCUT2D eigenvalue weighted by Gasteiger charge is 2.33. The van der Waals surface area contributed by atoms with Crippen LogP contribution in [0.25, 0.3) is 0 Å². The van der Waals surface area contributed by atoms with E-state index in [1.807, 2.05) is 18.4 Å². The number of nitrogens with zero attached hydrogens (tertiary/aromatic N) is 2. The van der Waals surface area contributed by atoms with Crippen molar-refractivity contribution in [1.82, 2.24) is 0 Å². The quantitative estimate of drug-likeness (QED) is 0.295. The number of hydrogen-bond acceptors (Lipinski definition) is 4. The second kappa shape index (κ2) is 6.18. The molecule has 1 aliphatic heterocycles. The Hall–Kier alpha value is -1.36. The van der Waals surface area contributed by atoms with Gasteiger partial charge in [-0.05, 0) is 36.1 Å². The van der Waals surface area contributed by atoms with Gasteiger partial charge in [-0.15, -0.1) is 11.8 Å². The standard InChI is InChI=1S/C16H25N3OS/c1-16(2,3)11-8-9-19(10-11)12-6-5-7-13(21-4)14(12)15(17)18-20/h5-7,11,20H,8-10H2,1-4H3,(H2,17,18). The summed E-state index contributed by atoms with van der Waals surface area (Å²) in [6.45, 7) is 8.93. The zero-order valence-corrected chi connectivity index (χ0v) is 14.1. The number of amidine groups is 1. The van der Waals surface area contributed by atoms with Crippen molar-refractivity contribution < 1.29 is 5.21 Å². The van der Waals surface area contributed by atoms with Crippen LogP contribution in [-0.4, -0.2) is 30.4 Å². The van der Waals surface area contributed by atoms with Crippen LogP contribution < -0.4 is 10.6 Å². The summed E-state index contributed by atoms with van der Waals surface area (Å²) in [5, 5.41) is 12.3. The van der Waals surface area contributed by atoms with Crippen molar-refractivity contribution in [3.05, 3.63) is 23.8 Å². The predicted molar refractivity (Wildman–Crippen MR) is 90.5 cm³/mol. The molecule has 1 saturated heterocycles. The van der Waals surface area contributed by atoms with E-state index in [0.29, 0.717) is 11.3 Å². The zero-order chi connectivity index (χ0) is 15.6. The van der Waals surface area contributed by atoms with E-state index in [2.05, 4.69) is 36.9 Å². The Labute approximate surface area is 131 Å². The van der Waals surface area contributed by atoms with Gasteiger partial charge in [-0.2, -0.15) is 0 Å². The molecule has 0 amide bonds. The second-order valence-electron chi connectivity index (χ2n) is 6.64. The summed E-state index contributed by atoms with van der Waals surface area (Å²) in [5.41, 5.74) is 8.15. The third-order valence-electron chi connectivity index (χ3n) is 4.34. The van der Waals surface area contributed by atoms with E-state index in [4.69, 9.17) is 10.9 Å². The minimum atomic E-state index is 0.189. The number of benzene rings is 1. The molecule has 0 saturated carbocycles. The predicted octanol–water partition coefficient (Wildman–Crippen LogP) is 3.38. The molecule has 1 aromatic carbocycles. The van der Waals surface area contributed by atoms with E-state index in [9.17, 15) is 0 Å². The first-order chi connectivity index (χ1) is 9.88. The summed E-state index contributed by atoms with van der Waals surface area (Å²) in [6, 6.07) is 6.12. The number of hydrogen-bond donors (Lipinski definition) is 2. The van der Waals surface area contributed by atoms with Gasteiger partial charge < -0.3 is 15.8 Å². The fourth-order valence-corrected chi connectivity index (χ4v) is 3.57.